The first-order valence-electron chi connectivity index (χ1n) is 5.08. The largest absolute Gasteiger partial charge is 0.308 e. The molecule has 14 heavy (non-hydrogen) atoms. The van der Waals surface area contributed by atoms with Gasteiger partial charge >= 0.3 is 0 Å². The Hall–Kier alpha value is -1.35. The first-order valence-corrected chi connectivity index (χ1v) is 5.08. The van der Waals surface area contributed by atoms with Crippen LogP contribution >= 0.6 is 0 Å². The average molecular weight is 187 g/mol. The fraction of sp³-hybridized carbons (Fsp3) is 0.364. The van der Waals surface area contributed by atoms with E-state index >= 15 is 0 Å². The van der Waals surface area contributed by atoms with Gasteiger partial charge in [-0.25, -0.2) is 4.98 Å². The monoisotopic (exact) mass is 187 g/mol. The molecule has 0 radical (unpaired) electrons. The van der Waals surface area contributed by atoms with Gasteiger partial charge in [0.15, 0.2) is 0 Å². The maximum atomic E-state index is 4.34. The molecule has 0 aliphatic heterocycles. The number of hydrogen-bond acceptors (Lipinski definition) is 2. The molecule has 3 rings (SSSR count). The molecule has 0 amide bonds. The molecule has 1 saturated carbocycles. The summed E-state index contributed by atoms with van der Waals surface area (Å²) in [5, 5.41) is 3.49. The number of pyridine rings is 1. The maximum absolute atomic E-state index is 4.34. The van der Waals surface area contributed by atoms with E-state index in [9.17, 15) is 0 Å². The highest BCUT2D eigenvalue weighted by molar-refractivity contribution is 5.39. The van der Waals surface area contributed by atoms with Crippen LogP contribution in [-0.2, 0) is 6.54 Å². The summed E-state index contributed by atoms with van der Waals surface area (Å²) in [6, 6.07) is 6.83. The highest BCUT2D eigenvalue weighted by Crippen LogP contribution is 2.19. The molecule has 1 aliphatic carbocycles. The second-order valence-electron chi connectivity index (χ2n) is 3.83. The second-order valence-corrected chi connectivity index (χ2v) is 3.83. The van der Waals surface area contributed by atoms with Crippen LogP contribution in [0.3, 0.4) is 0 Å². The molecule has 3 heteroatoms. The number of nitrogens with zero attached hydrogens (tertiary/aromatic N) is 2. The number of imidazole rings is 1. The van der Waals surface area contributed by atoms with Crippen LogP contribution in [-0.4, -0.2) is 15.4 Å². The quantitative estimate of drug-likeness (QED) is 0.790. The predicted octanol–water partition coefficient (Wildman–Crippen LogP) is 1.59. The molecule has 2 heterocycles. The Labute approximate surface area is 82.8 Å². The van der Waals surface area contributed by atoms with E-state index in [0.29, 0.717) is 0 Å². The second kappa shape index (κ2) is 3.10. The Bertz CT molecular complexity index is 442. The molecule has 0 atom stereocenters. The average Bonchev–Trinajstić information content (AvgIpc) is 2.96. The van der Waals surface area contributed by atoms with Gasteiger partial charge in [0.25, 0.3) is 0 Å². The van der Waals surface area contributed by atoms with Gasteiger partial charge in [0.2, 0.25) is 0 Å². The van der Waals surface area contributed by atoms with Crippen LogP contribution in [0.1, 0.15) is 18.5 Å². The van der Waals surface area contributed by atoms with Crippen LogP contribution in [0.4, 0.5) is 0 Å². The van der Waals surface area contributed by atoms with Crippen molar-refractivity contribution in [2.45, 2.75) is 25.4 Å². The molecule has 0 saturated heterocycles. The van der Waals surface area contributed by atoms with Crippen LogP contribution in [0.2, 0.25) is 0 Å². The van der Waals surface area contributed by atoms with Crippen molar-refractivity contribution in [3.05, 3.63) is 36.3 Å². The van der Waals surface area contributed by atoms with E-state index in [0.717, 1.165) is 18.2 Å². The van der Waals surface area contributed by atoms with E-state index in [4.69, 9.17) is 0 Å². The normalized spacial score (nSPS) is 16.3. The smallest absolute Gasteiger partial charge is 0.136 e. The van der Waals surface area contributed by atoms with Crippen LogP contribution in [0.25, 0.3) is 5.65 Å². The van der Waals surface area contributed by atoms with Crippen molar-refractivity contribution in [2.75, 3.05) is 0 Å². The lowest BCUT2D eigenvalue weighted by atomic mass is 10.4. The Balaban J connectivity index is 1.87. The molecule has 2 aromatic heterocycles. The van der Waals surface area contributed by atoms with E-state index in [1.807, 2.05) is 24.4 Å². The molecule has 1 N–H and O–H groups in total. The topological polar surface area (TPSA) is 29.3 Å². The highest BCUT2D eigenvalue weighted by atomic mass is 15.0. The molecule has 1 aliphatic rings. The summed E-state index contributed by atoms with van der Waals surface area (Å²) in [4.78, 5) is 4.34. The molecule has 3 nitrogen and oxygen atoms in total. The Morgan fingerprint density at radius 2 is 2.36 bits per heavy atom. The van der Waals surface area contributed by atoms with E-state index < -0.39 is 0 Å². The van der Waals surface area contributed by atoms with Crippen molar-refractivity contribution >= 4 is 5.65 Å². The highest BCUT2D eigenvalue weighted by Gasteiger charge is 2.20. The van der Waals surface area contributed by atoms with Gasteiger partial charge < -0.3 is 9.72 Å². The van der Waals surface area contributed by atoms with Crippen LogP contribution < -0.4 is 5.32 Å². The lowest BCUT2D eigenvalue weighted by Crippen LogP contribution is -2.16. The Morgan fingerprint density at radius 3 is 3.21 bits per heavy atom. The van der Waals surface area contributed by atoms with Crippen molar-refractivity contribution in [3.63, 3.8) is 0 Å². The molecular weight excluding hydrogens is 174 g/mol. The van der Waals surface area contributed by atoms with E-state index in [-0.39, 0.29) is 0 Å². The van der Waals surface area contributed by atoms with Crippen molar-refractivity contribution in [1.82, 2.24) is 14.7 Å². The van der Waals surface area contributed by atoms with Gasteiger partial charge in [0, 0.05) is 18.8 Å². The van der Waals surface area contributed by atoms with Gasteiger partial charge in [0.1, 0.15) is 5.65 Å². The van der Waals surface area contributed by atoms with Crippen LogP contribution in [0.5, 0.6) is 0 Å². The third kappa shape index (κ3) is 1.40. The summed E-state index contributed by atoms with van der Waals surface area (Å²) < 4.78 is 2.13. The zero-order chi connectivity index (χ0) is 9.38. The number of rotatable bonds is 3. The van der Waals surface area contributed by atoms with Gasteiger partial charge in [-0.05, 0) is 25.0 Å². The van der Waals surface area contributed by atoms with Crippen LogP contribution in [0.15, 0.2) is 30.6 Å². The number of fused-ring (bicyclic) bond motifs is 1. The predicted molar refractivity (Wildman–Crippen MR) is 55.1 cm³/mol. The standard InChI is InChI=1S/C11H13N3/c1-2-6-14-10(7-12-9-4-5-9)8-13-11(14)3-1/h1-3,6,8-9,12H,4-5,7H2. The van der Waals surface area contributed by atoms with Crippen LogP contribution in [0, 0.1) is 0 Å². The van der Waals surface area contributed by atoms with Gasteiger partial charge in [0.05, 0.1) is 11.9 Å². The molecule has 0 unspecified atom stereocenters. The first-order chi connectivity index (χ1) is 6.93. The number of nitrogens with one attached hydrogen (secondary N) is 1. The van der Waals surface area contributed by atoms with Gasteiger partial charge in [-0.1, -0.05) is 6.07 Å². The lowest BCUT2D eigenvalue weighted by Gasteiger charge is -2.02. The Morgan fingerprint density at radius 1 is 1.43 bits per heavy atom. The third-order valence-corrected chi connectivity index (χ3v) is 2.64. The number of hydrogen-bond donors (Lipinski definition) is 1. The summed E-state index contributed by atoms with van der Waals surface area (Å²) in [5.41, 5.74) is 2.27. The van der Waals surface area contributed by atoms with Crippen molar-refractivity contribution in [1.29, 1.82) is 0 Å². The zero-order valence-electron chi connectivity index (χ0n) is 7.98. The van der Waals surface area contributed by atoms with E-state index in [1.165, 1.54) is 18.5 Å². The minimum atomic E-state index is 0.754. The molecule has 72 valence electrons. The SMILES string of the molecule is c1ccn2c(CNC3CC3)cnc2c1. The third-order valence-electron chi connectivity index (χ3n) is 2.64. The minimum absolute atomic E-state index is 0.754. The van der Waals surface area contributed by atoms with Gasteiger partial charge in [-0.15, -0.1) is 0 Å². The maximum Gasteiger partial charge on any atom is 0.136 e. The first kappa shape index (κ1) is 8.00. The minimum Gasteiger partial charge on any atom is -0.308 e. The van der Waals surface area contributed by atoms with E-state index in [2.05, 4.69) is 20.9 Å². The lowest BCUT2D eigenvalue weighted by molar-refractivity contribution is 0.670. The van der Waals surface area contributed by atoms with Gasteiger partial charge in [-0.3, -0.25) is 0 Å². The summed E-state index contributed by atoms with van der Waals surface area (Å²) in [7, 11) is 0. The molecule has 0 aromatic carbocycles. The number of aromatic nitrogens is 2. The fourth-order valence-corrected chi connectivity index (χ4v) is 1.65. The molecule has 0 bridgehead atoms. The van der Waals surface area contributed by atoms with E-state index in [1.54, 1.807) is 0 Å². The van der Waals surface area contributed by atoms with Crippen molar-refractivity contribution in [3.8, 4) is 0 Å². The molecule has 2 aromatic rings. The fourth-order valence-electron chi connectivity index (χ4n) is 1.65. The van der Waals surface area contributed by atoms with Crippen molar-refractivity contribution < 1.29 is 0 Å². The van der Waals surface area contributed by atoms with Gasteiger partial charge in [-0.2, -0.15) is 0 Å². The molecule has 0 spiro atoms. The Kier molecular flexibility index (Phi) is 1.77. The zero-order valence-corrected chi connectivity index (χ0v) is 7.98. The van der Waals surface area contributed by atoms with Crippen molar-refractivity contribution in [2.24, 2.45) is 0 Å². The summed E-state index contributed by atoms with van der Waals surface area (Å²) in [6.45, 7) is 0.926. The molecular formula is C11H13N3. The molecule has 1 fully saturated rings. The summed E-state index contributed by atoms with van der Waals surface area (Å²) >= 11 is 0. The summed E-state index contributed by atoms with van der Waals surface area (Å²) in [6.07, 6.45) is 6.67. The summed E-state index contributed by atoms with van der Waals surface area (Å²) in [5.74, 6) is 0.